The lowest BCUT2D eigenvalue weighted by molar-refractivity contribution is -0.00180. The molecule has 2 heterocycles. The summed E-state index contributed by atoms with van der Waals surface area (Å²) in [5, 5.41) is 10.9. The summed E-state index contributed by atoms with van der Waals surface area (Å²) in [5.74, 6) is 0.160. The third-order valence-corrected chi connectivity index (χ3v) is 4.67. The molecule has 2 aromatic carbocycles. The number of benzene rings is 2. The number of methoxy groups -OCH3 is 1. The summed E-state index contributed by atoms with van der Waals surface area (Å²) in [5.41, 5.74) is 2.69. The Morgan fingerprint density at radius 2 is 2.00 bits per heavy atom. The summed E-state index contributed by atoms with van der Waals surface area (Å²) in [6.45, 7) is 0.994. The molecule has 0 fully saturated rings. The molecule has 1 N–H and O–H groups in total. The van der Waals surface area contributed by atoms with E-state index in [9.17, 15) is 9.18 Å². The van der Waals surface area contributed by atoms with Crippen LogP contribution in [-0.4, -0.2) is 28.0 Å². The molecule has 1 amide bonds. The van der Waals surface area contributed by atoms with E-state index in [2.05, 4.69) is 15.6 Å². The van der Waals surface area contributed by atoms with E-state index >= 15 is 0 Å². The van der Waals surface area contributed by atoms with Gasteiger partial charge in [0.15, 0.2) is 5.69 Å². The molecule has 3 aromatic rings. The zero-order valence-electron chi connectivity index (χ0n) is 15.3. The van der Waals surface area contributed by atoms with E-state index in [0.29, 0.717) is 18.8 Å². The first-order chi connectivity index (χ1) is 13.6. The highest BCUT2D eigenvalue weighted by atomic mass is 19.1. The molecule has 1 unspecified atom stereocenters. The van der Waals surface area contributed by atoms with Crippen LogP contribution in [0.25, 0.3) is 0 Å². The monoisotopic (exact) mass is 382 g/mol. The summed E-state index contributed by atoms with van der Waals surface area (Å²) in [6.07, 6.45) is -0.259. The van der Waals surface area contributed by atoms with Crippen molar-refractivity contribution in [1.82, 2.24) is 20.3 Å². The minimum Gasteiger partial charge on any atom is -0.497 e. The minimum atomic E-state index is -0.305. The smallest absolute Gasteiger partial charge is 0.274 e. The van der Waals surface area contributed by atoms with Crippen LogP contribution in [0.4, 0.5) is 4.39 Å². The van der Waals surface area contributed by atoms with Crippen LogP contribution in [0.5, 0.6) is 5.75 Å². The van der Waals surface area contributed by atoms with Gasteiger partial charge in [0.25, 0.3) is 5.91 Å². The number of hydrogen-bond donors (Lipinski definition) is 1. The van der Waals surface area contributed by atoms with Gasteiger partial charge in [0.2, 0.25) is 0 Å². The average Bonchev–Trinajstić information content (AvgIpc) is 3.16. The SMILES string of the molecule is COc1ccc(CNC(=O)c2nnn3c2COC(c2ccc(F)cc2)C3)cc1. The van der Waals surface area contributed by atoms with Crippen LogP contribution in [-0.2, 0) is 24.4 Å². The molecule has 28 heavy (non-hydrogen) atoms. The van der Waals surface area contributed by atoms with Gasteiger partial charge >= 0.3 is 0 Å². The molecule has 0 saturated heterocycles. The van der Waals surface area contributed by atoms with Gasteiger partial charge in [0.1, 0.15) is 17.7 Å². The van der Waals surface area contributed by atoms with Gasteiger partial charge in [-0.1, -0.05) is 29.5 Å². The molecule has 4 rings (SSSR count). The predicted molar refractivity (Wildman–Crippen MR) is 98.1 cm³/mol. The topological polar surface area (TPSA) is 78.3 Å². The van der Waals surface area contributed by atoms with Crippen molar-refractivity contribution in [1.29, 1.82) is 0 Å². The highest BCUT2D eigenvalue weighted by Crippen LogP contribution is 2.27. The number of rotatable bonds is 5. The molecule has 0 aliphatic carbocycles. The quantitative estimate of drug-likeness (QED) is 0.734. The maximum atomic E-state index is 13.1. The number of amides is 1. The lowest BCUT2D eigenvalue weighted by Crippen LogP contribution is -2.27. The molecule has 0 spiro atoms. The van der Waals surface area contributed by atoms with Gasteiger partial charge in [-0.25, -0.2) is 9.07 Å². The Kier molecular flexibility index (Phi) is 5.03. The second kappa shape index (κ2) is 7.77. The largest absolute Gasteiger partial charge is 0.497 e. The lowest BCUT2D eigenvalue weighted by Gasteiger charge is -2.24. The molecule has 0 radical (unpaired) electrons. The highest BCUT2D eigenvalue weighted by Gasteiger charge is 2.27. The molecular weight excluding hydrogens is 363 g/mol. The maximum Gasteiger partial charge on any atom is 0.274 e. The van der Waals surface area contributed by atoms with Gasteiger partial charge in [-0.15, -0.1) is 5.10 Å². The second-order valence-electron chi connectivity index (χ2n) is 6.45. The number of nitrogens with zero attached hydrogens (tertiary/aromatic N) is 3. The minimum absolute atomic E-state index is 0.209. The highest BCUT2D eigenvalue weighted by molar-refractivity contribution is 5.93. The first kappa shape index (κ1) is 18.1. The van der Waals surface area contributed by atoms with Crippen LogP contribution in [0.15, 0.2) is 48.5 Å². The van der Waals surface area contributed by atoms with Gasteiger partial charge in [0.05, 0.1) is 26.0 Å². The normalized spacial score (nSPS) is 15.7. The van der Waals surface area contributed by atoms with Gasteiger partial charge < -0.3 is 14.8 Å². The molecule has 1 aromatic heterocycles. The number of carbonyl (C=O) groups is 1. The lowest BCUT2D eigenvalue weighted by atomic mass is 10.1. The molecule has 0 bridgehead atoms. The Balaban J connectivity index is 1.41. The van der Waals surface area contributed by atoms with Crippen molar-refractivity contribution in [3.05, 3.63) is 76.9 Å². The summed E-state index contributed by atoms with van der Waals surface area (Å²) in [7, 11) is 1.61. The van der Waals surface area contributed by atoms with Gasteiger partial charge in [-0.05, 0) is 35.4 Å². The zero-order valence-corrected chi connectivity index (χ0v) is 15.3. The van der Waals surface area contributed by atoms with E-state index in [1.807, 2.05) is 24.3 Å². The molecule has 8 heteroatoms. The van der Waals surface area contributed by atoms with Crippen LogP contribution in [0.3, 0.4) is 0 Å². The molecule has 0 saturated carbocycles. The molecule has 1 aliphatic heterocycles. The van der Waals surface area contributed by atoms with E-state index in [1.165, 1.54) is 12.1 Å². The third kappa shape index (κ3) is 3.72. The summed E-state index contributed by atoms with van der Waals surface area (Å²) >= 11 is 0. The van der Waals surface area contributed by atoms with Crippen molar-refractivity contribution in [3.63, 3.8) is 0 Å². The van der Waals surface area contributed by atoms with Crippen molar-refractivity contribution in [2.45, 2.75) is 25.8 Å². The Morgan fingerprint density at radius 3 is 2.71 bits per heavy atom. The average molecular weight is 382 g/mol. The number of halogens is 1. The van der Waals surface area contributed by atoms with Gasteiger partial charge in [-0.2, -0.15) is 0 Å². The van der Waals surface area contributed by atoms with Crippen molar-refractivity contribution < 1.29 is 18.7 Å². The third-order valence-electron chi connectivity index (χ3n) is 4.67. The fraction of sp³-hybridized carbons (Fsp3) is 0.250. The van der Waals surface area contributed by atoms with Crippen LogP contribution in [0.1, 0.15) is 33.4 Å². The molecule has 1 aliphatic rings. The van der Waals surface area contributed by atoms with Crippen molar-refractivity contribution in [2.24, 2.45) is 0 Å². The first-order valence-electron chi connectivity index (χ1n) is 8.84. The molecule has 144 valence electrons. The number of hydrogen-bond acceptors (Lipinski definition) is 5. The van der Waals surface area contributed by atoms with Crippen LogP contribution in [0.2, 0.25) is 0 Å². The number of ether oxygens (including phenoxy) is 2. The van der Waals surface area contributed by atoms with Crippen LogP contribution >= 0.6 is 0 Å². The predicted octanol–water partition coefficient (Wildman–Crippen LogP) is 2.63. The van der Waals surface area contributed by atoms with Crippen molar-refractivity contribution >= 4 is 5.91 Å². The van der Waals surface area contributed by atoms with E-state index in [-0.39, 0.29) is 30.1 Å². The van der Waals surface area contributed by atoms with E-state index < -0.39 is 0 Å². The van der Waals surface area contributed by atoms with E-state index in [0.717, 1.165) is 16.9 Å². The Hall–Kier alpha value is -3.26. The molecular formula is C20H19FN4O3. The van der Waals surface area contributed by atoms with Crippen LogP contribution < -0.4 is 10.1 Å². The van der Waals surface area contributed by atoms with Crippen LogP contribution in [0, 0.1) is 5.82 Å². The zero-order chi connectivity index (χ0) is 19.5. The maximum absolute atomic E-state index is 13.1. The Bertz CT molecular complexity index is 970. The van der Waals surface area contributed by atoms with Gasteiger partial charge in [0, 0.05) is 6.54 Å². The number of carbonyl (C=O) groups excluding carboxylic acids is 1. The summed E-state index contributed by atoms with van der Waals surface area (Å²) < 4.78 is 25.7. The van der Waals surface area contributed by atoms with Gasteiger partial charge in [-0.3, -0.25) is 4.79 Å². The number of aromatic nitrogens is 3. The Morgan fingerprint density at radius 1 is 1.25 bits per heavy atom. The standard InChI is InChI=1S/C20H19FN4O3/c1-27-16-8-2-13(3-9-16)10-22-20(26)19-17-12-28-18(11-25(17)24-23-19)14-4-6-15(21)7-5-14/h2-9,18H,10-12H2,1H3,(H,22,26). The summed E-state index contributed by atoms with van der Waals surface area (Å²) in [4.78, 5) is 12.5. The second-order valence-corrected chi connectivity index (χ2v) is 6.45. The summed E-state index contributed by atoms with van der Waals surface area (Å²) in [6, 6.07) is 13.6. The fourth-order valence-corrected chi connectivity index (χ4v) is 3.08. The first-order valence-corrected chi connectivity index (χ1v) is 8.84. The number of fused-ring (bicyclic) bond motifs is 1. The van der Waals surface area contributed by atoms with Crippen molar-refractivity contribution in [2.75, 3.05) is 7.11 Å². The Labute approximate surface area is 161 Å². The van der Waals surface area contributed by atoms with Crippen molar-refractivity contribution in [3.8, 4) is 5.75 Å². The van der Waals surface area contributed by atoms with E-state index in [4.69, 9.17) is 9.47 Å². The molecule has 7 nitrogen and oxygen atoms in total. The fourth-order valence-electron chi connectivity index (χ4n) is 3.08. The number of nitrogens with one attached hydrogen (secondary N) is 1. The van der Waals surface area contributed by atoms with E-state index in [1.54, 1.807) is 23.9 Å². The molecule has 1 atom stereocenters.